The number of nitrogens with one attached hydrogen (secondary N) is 1. The van der Waals surface area contributed by atoms with Crippen LogP contribution in [0.3, 0.4) is 0 Å². The normalized spacial score (nSPS) is 33.5. The Morgan fingerprint density at radius 3 is 2.68 bits per heavy atom. The Bertz CT molecular complexity index is 382. The topological polar surface area (TPSA) is 30.5 Å². The van der Waals surface area contributed by atoms with Crippen molar-refractivity contribution in [3.8, 4) is 0 Å². The molecule has 1 unspecified atom stereocenters. The van der Waals surface area contributed by atoms with Gasteiger partial charge in [-0.2, -0.15) is 0 Å². The fourth-order valence-corrected chi connectivity index (χ4v) is 2.75. The van der Waals surface area contributed by atoms with Crippen molar-refractivity contribution in [1.29, 1.82) is 0 Å². The summed E-state index contributed by atoms with van der Waals surface area (Å²) in [5.41, 5.74) is 1.45. The van der Waals surface area contributed by atoms with E-state index in [2.05, 4.69) is 36.5 Å². The van der Waals surface area contributed by atoms with Gasteiger partial charge in [0.1, 0.15) is 0 Å². The van der Waals surface area contributed by atoms with E-state index in [1.165, 1.54) is 5.56 Å². The molecule has 0 radical (unpaired) electrons. The lowest BCUT2D eigenvalue weighted by Gasteiger charge is -2.51. The quantitative estimate of drug-likeness (QED) is 0.925. The van der Waals surface area contributed by atoms with E-state index in [-0.39, 0.29) is 17.9 Å². The second kappa shape index (κ2) is 6.23. The van der Waals surface area contributed by atoms with Crippen LogP contribution in [-0.4, -0.2) is 30.9 Å². The van der Waals surface area contributed by atoms with Crippen molar-refractivity contribution in [3.63, 3.8) is 0 Å². The molecular weight excluding hydrogens is 262 g/mol. The van der Waals surface area contributed by atoms with Crippen LogP contribution in [0.4, 0.5) is 0 Å². The zero-order valence-corrected chi connectivity index (χ0v) is 12.1. The summed E-state index contributed by atoms with van der Waals surface area (Å²) >= 11 is 0. The van der Waals surface area contributed by atoms with Gasteiger partial charge in [-0.25, -0.2) is 0 Å². The third kappa shape index (κ3) is 3.48. The molecule has 106 valence electrons. The highest BCUT2D eigenvalue weighted by Crippen LogP contribution is 2.37. The zero-order chi connectivity index (χ0) is 12.4. The molecule has 1 saturated heterocycles. The smallest absolute Gasteiger partial charge is 0.0720 e. The van der Waals surface area contributed by atoms with Gasteiger partial charge in [0.15, 0.2) is 0 Å². The zero-order valence-electron chi connectivity index (χ0n) is 11.3. The molecule has 19 heavy (non-hydrogen) atoms. The van der Waals surface area contributed by atoms with Crippen LogP contribution in [0.15, 0.2) is 30.3 Å². The summed E-state index contributed by atoms with van der Waals surface area (Å²) in [5.74, 6) is 0. The maximum absolute atomic E-state index is 5.92. The molecule has 1 aliphatic carbocycles. The van der Waals surface area contributed by atoms with Crippen LogP contribution in [0.25, 0.3) is 0 Å². The number of halogens is 1. The van der Waals surface area contributed by atoms with Crippen molar-refractivity contribution in [2.24, 2.45) is 0 Å². The predicted molar refractivity (Wildman–Crippen MR) is 77.6 cm³/mol. The van der Waals surface area contributed by atoms with Gasteiger partial charge in [0.2, 0.25) is 0 Å². The molecule has 0 bridgehead atoms. The van der Waals surface area contributed by atoms with Gasteiger partial charge in [0.05, 0.1) is 25.4 Å². The van der Waals surface area contributed by atoms with Crippen LogP contribution in [-0.2, 0) is 16.1 Å². The fourth-order valence-electron chi connectivity index (χ4n) is 2.75. The number of morpholine rings is 1. The fraction of sp³-hybridized carbons (Fsp3) is 0.600. The Morgan fingerprint density at radius 2 is 2.05 bits per heavy atom. The largest absolute Gasteiger partial charge is 0.375 e. The Labute approximate surface area is 121 Å². The summed E-state index contributed by atoms with van der Waals surface area (Å²) in [6, 6.07) is 10.4. The number of benzene rings is 1. The van der Waals surface area contributed by atoms with Gasteiger partial charge in [-0.05, 0) is 25.3 Å². The van der Waals surface area contributed by atoms with Crippen molar-refractivity contribution in [2.75, 3.05) is 13.2 Å². The summed E-state index contributed by atoms with van der Waals surface area (Å²) < 4.78 is 11.7. The Kier molecular flexibility index (Phi) is 4.85. The number of rotatable bonds is 3. The van der Waals surface area contributed by atoms with E-state index in [1.807, 2.05) is 6.07 Å². The molecule has 3 rings (SSSR count). The van der Waals surface area contributed by atoms with Crippen LogP contribution >= 0.6 is 12.4 Å². The Hall–Kier alpha value is -0.610. The minimum atomic E-state index is 0. The lowest BCUT2D eigenvalue weighted by Crippen LogP contribution is -2.65. The number of ether oxygens (including phenoxy) is 2. The standard InChI is InChI=1S/C15H21NO2.ClH/c1-12-9-16-15(11-18-12)7-14(8-15)17-10-13-5-3-2-4-6-13;/h2-6,12,14,16H,7-11H2,1H3;1H. The van der Waals surface area contributed by atoms with Crippen molar-refractivity contribution < 1.29 is 9.47 Å². The third-order valence-electron chi connectivity index (χ3n) is 3.97. The van der Waals surface area contributed by atoms with Crippen molar-refractivity contribution in [3.05, 3.63) is 35.9 Å². The van der Waals surface area contributed by atoms with Gasteiger partial charge in [-0.1, -0.05) is 30.3 Å². The Morgan fingerprint density at radius 1 is 1.32 bits per heavy atom. The predicted octanol–water partition coefficient (Wildman–Crippen LogP) is 2.53. The van der Waals surface area contributed by atoms with E-state index in [0.717, 1.165) is 32.6 Å². The minimum Gasteiger partial charge on any atom is -0.375 e. The molecule has 1 aromatic rings. The van der Waals surface area contributed by atoms with E-state index in [9.17, 15) is 0 Å². The molecule has 0 aromatic heterocycles. The average molecular weight is 284 g/mol. The molecule has 1 aromatic carbocycles. The summed E-state index contributed by atoms with van der Waals surface area (Å²) in [6.07, 6.45) is 2.88. The molecule has 1 heterocycles. The molecule has 3 nitrogen and oxygen atoms in total. The summed E-state index contributed by atoms with van der Waals surface area (Å²) in [4.78, 5) is 0. The molecule has 1 saturated carbocycles. The summed E-state index contributed by atoms with van der Waals surface area (Å²) in [5, 5.41) is 3.60. The number of hydrogen-bond acceptors (Lipinski definition) is 3. The van der Waals surface area contributed by atoms with Gasteiger partial charge in [0, 0.05) is 12.1 Å². The van der Waals surface area contributed by atoms with Gasteiger partial charge >= 0.3 is 0 Å². The molecule has 1 atom stereocenters. The van der Waals surface area contributed by atoms with Crippen LogP contribution < -0.4 is 5.32 Å². The highest BCUT2D eigenvalue weighted by molar-refractivity contribution is 5.85. The van der Waals surface area contributed by atoms with Crippen LogP contribution in [0.5, 0.6) is 0 Å². The lowest BCUT2D eigenvalue weighted by molar-refractivity contribution is -0.123. The van der Waals surface area contributed by atoms with Gasteiger partial charge < -0.3 is 14.8 Å². The third-order valence-corrected chi connectivity index (χ3v) is 3.97. The van der Waals surface area contributed by atoms with Crippen molar-refractivity contribution in [2.45, 2.75) is 44.1 Å². The first kappa shape index (κ1) is 14.8. The first-order valence-corrected chi connectivity index (χ1v) is 6.78. The second-order valence-electron chi connectivity index (χ2n) is 5.61. The van der Waals surface area contributed by atoms with E-state index >= 15 is 0 Å². The van der Waals surface area contributed by atoms with Crippen LogP contribution in [0, 0.1) is 0 Å². The highest BCUT2D eigenvalue weighted by atomic mass is 35.5. The van der Waals surface area contributed by atoms with E-state index < -0.39 is 0 Å². The second-order valence-corrected chi connectivity index (χ2v) is 5.61. The summed E-state index contributed by atoms with van der Waals surface area (Å²) in [7, 11) is 0. The molecular formula is C15H22ClNO2. The molecule has 0 amide bonds. The van der Waals surface area contributed by atoms with E-state index in [0.29, 0.717) is 12.2 Å². The van der Waals surface area contributed by atoms with E-state index in [1.54, 1.807) is 0 Å². The van der Waals surface area contributed by atoms with Gasteiger partial charge in [-0.15, -0.1) is 12.4 Å². The van der Waals surface area contributed by atoms with E-state index in [4.69, 9.17) is 9.47 Å². The highest BCUT2D eigenvalue weighted by Gasteiger charge is 2.46. The first-order chi connectivity index (χ1) is 8.76. The first-order valence-electron chi connectivity index (χ1n) is 6.78. The minimum absolute atomic E-state index is 0. The van der Waals surface area contributed by atoms with Crippen molar-refractivity contribution in [1.82, 2.24) is 5.32 Å². The average Bonchev–Trinajstić information content (AvgIpc) is 2.37. The molecule has 2 fully saturated rings. The maximum Gasteiger partial charge on any atom is 0.0720 e. The maximum atomic E-state index is 5.92. The SMILES string of the molecule is CC1CNC2(CO1)CC(OCc1ccccc1)C2.Cl. The molecule has 1 spiro atoms. The molecule has 4 heteroatoms. The van der Waals surface area contributed by atoms with Crippen LogP contribution in [0.2, 0.25) is 0 Å². The monoisotopic (exact) mass is 283 g/mol. The van der Waals surface area contributed by atoms with Crippen molar-refractivity contribution >= 4 is 12.4 Å². The molecule has 1 N–H and O–H groups in total. The summed E-state index contributed by atoms with van der Waals surface area (Å²) in [6.45, 7) is 4.63. The number of hydrogen-bond donors (Lipinski definition) is 1. The van der Waals surface area contributed by atoms with Crippen LogP contribution in [0.1, 0.15) is 25.3 Å². The lowest BCUT2D eigenvalue weighted by atomic mass is 9.74. The van der Waals surface area contributed by atoms with Gasteiger partial charge in [0.25, 0.3) is 0 Å². The Balaban J connectivity index is 0.00000133. The molecule has 2 aliphatic rings. The van der Waals surface area contributed by atoms with Gasteiger partial charge in [-0.3, -0.25) is 0 Å². The molecule has 1 aliphatic heterocycles.